The van der Waals surface area contributed by atoms with Crippen LogP contribution in [0, 0.1) is 0 Å². The molecular weight excluding hydrogens is 380 g/mol. The van der Waals surface area contributed by atoms with Gasteiger partial charge in [-0.2, -0.15) is 0 Å². The molecule has 0 aliphatic rings. The Morgan fingerprint density at radius 2 is 1.76 bits per heavy atom. The maximum absolute atomic E-state index is 13.3. The first kappa shape index (κ1) is 17.5. The second-order valence-corrected chi connectivity index (χ2v) is 7.43. The van der Waals surface area contributed by atoms with Crippen LogP contribution in [0.15, 0.2) is 59.1 Å². The van der Waals surface area contributed by atoms with Crippen LogP contribution in [-0.2, 0) is 5.41 Å². The van der Waals surface area contributed by atoms with Crippen LogP contribution in [0.1, 0.15) is 29.8 Å². The van der Waals surface area contributed by atoms with Crippen LogP contribution in [0.3, 0.4) is 0 Å². The number of hydrogen-bond donors (Lipinski definition) is 1. The summed E-state index contributed by atoms with van der Waals surface area (Å²) < 4.78 is 6.34. The highest BCUT2D eigenvalue weighted by molar-refractivity contribution is 9.10. The molecular formula is C21H19BrO3. The number of ether oxygens (including phenoxy) is 1. The van der Waals surface area contributed by atoms with Crippen molar-refractivity contribution in [2.75, 3.05) is 7.11 Å². The number of hydrogen-bond acceptors (Lipinski definition) is 3. The van der Waals surface area contributed by atoms with Crippen LogP contribution in [-0.4, -0.2) is 18.0 Å². The molecule has 0 aliphatic heterocycles. The molecule has 0 amide bonds. The SMILES string of the molecule is COc1ccccc1C(C)(C)C(=O)c1cc2cc(Br)ccc2cc1O. The number of Topliss-reactive ketones (excluding diaryl/α,β-unsaturated/α-hetero) is 1. The number of carbonyl (C=O) groups excluding carboxylic acids is 1. The summed E-state index contributed by atoms with van der Waals surface area (Å²) in [5, 5.41) is 12.2. The predicted molar refractivity (Wildman–Crippen MR) is 104 cm³/mol. The summed E-state index contributed by atoms with van der Waals surface area (Å²) in [5.41, 5.74) is 0.252. The lowest BCUT2D eigenvalue weighted by molar-refractivity contribution is 0.0904. The van der Waals surface area contributed by atoms with Crippen LogP contribution >= 0.6 is 15.9 Å². The quantitative estimate of drug-likeness (QED) is 0.592. The molecule has 0 bridgehead atoms. The monoisotopic (exact) mass is 398 g/mol. The van der Waals surface area contributed by atoms with Crippen molar-refractivity contribution in [3.63, 3.8) is 0 Å². The van der Waals surface area contributed by atoms with E-state index < -0.39 is 5.41 Å². The normalized spacial score (nSPS) is 11.5. The van der Waals surface area contributed by atoms with Crippen molar-refractivity contribution in [2.45, 2.75) is 19.3 Å². The fourth-order valence-corrected chi connectivity index (χ4v) is 3.44. The van der Waals surface area contributed by atoms with Crippen LogP contribution < -0.4 is 4.74 Å². The van der Waals surface area contributed by atoms with Crippen molar-refractivity contribution >= 4 is 32.5 Å². The lowest BCUT2D eigenvalue weighted by atomic mass is 9.77. The van der Waals surface area contributed by atoms with Crippen LogP contribution in [0.4, 0.5) is 0 Å². The maximum atomic E-state index is 13.3. The Balaban J connectivity index is 2.13. The van der Waals surface area contributed by atoms with E-state index in [1.54, 1.807) is 19.2 Å². The molecule has 1 N–H and O–H groups in total. The molecule has 128 valence electrons. The predicted octanol–water partition coefficient (Wildman–Crippen LogP) is 5.48. The molecule has 25 heavy (non-hydrogen) atoms. The first-order valence-corrected chi connectivity index (χ1v) is 8.74. The van der Waals surface area contributed by atoms with Gasteiger partial charge in [-0.25, -0.2) is 0 Å². The molecule has 3 rings (SSSR count). The molecule has 0 saturated carbocycles. The number of ketones is 1. The molecule has 0 atom stereocenters. The zero-order valence-electron chi connectivity index (χ0n) is 14.3. The lowest BCUT2D eigenvalue weighted by Crippen LogP contribution is -2.29. The van der Waals surface area contributed by atoms with Gasteiger partial charge in [-0.1, -0.05) is 40.2 Å². The average molecular weight is 399 g/mol. The maximum Gasteiger partial charge on any atom is 0.176 e. The van der Waals surface area contributed by atoms with E-state index in [9.17, 15) is 9.90 Å². The van der Waals surface area contributed by atoms with Crippen molar-refractivity contribution in [1.82, 2.24) is 0 Å². The molecule has 3 nitrogen and oxygen atoms in total. The van der Waals surface area contributed by atoms with E-state index in [4.69, 9.17) is 4.74 Å². The first-order chi connectivity index (χ1) is 11.8. The average Bonchev–Trinajstić information content (AvgIpc) is 2.60. The molecule has 4 heteroatoms. The third-order valence-corrected chi connectivity index (χ3v) is 5.00. The zero-order chi connectivity index (χ0) is 18.2. The van der Waals surface area contributed by atoms with Gasteiger partial charge < -0.3 is 9.84 Å². The van der Waals surface area contributed by atoms with E-state index in [1.807, 2.05) is 56.3 Å². The minimum absolute atomic E-state index is 0.0113. The minimum atomic E-state index is -0.843. The van der Waals surface area contributed by atoms with E-state index in [0.29, 0.717) is 11.3 Å². The van der Waals surface area contributed by atoms with Gasteiger partial charge in [0, 0.05) is 10.0 Å². The number of phenolic OH excluding ortho intramolecular Hbond substituents is 1. The van der Waals surface area contributed by atoms with Crippen LogP contribution in [0.2, 0.25) is 0 Å². The highest BCUT2D eigenvalue weighted by Gasteiger charge is 2.34. The Labute approximate surface area is 155 Å². The van der Waals surface area contributed by atoms with Crippen molar-refractivity contribution in [2.24, 2.45) is 0 Å². The minimum Gasteiger partial charge on any atom is -0.507 e. The molecule has 3 aromatic carbocycles. The second-order valence-electron chi connectivity index (χ2n) is 6.52. The first-order valence-electron chi connectivity index (χ1n) is 7.95. The second kappa shape index (κ2) is 6.52. The third-order valence-electron chi connectivity index (χ3n) is 4.51. The molecule has 0 heterocycles. The number of rotatable bonds is 4. The molecule has 0 saturated heterocycles. The van der Waals surface area contributed by atoms with E-state index in [0.717, 1.165) is 20.8 Å². The molecule has 0 spiro atoms. The summed E-state index contributed by atoms with van der Waals surface area (Å²) in [5.74, 6) is 0.489. The Morgan fingerprint density at radius 1 is 1.04 bits per heavy atom. The van der Waals surface area contributed by atoms with Gasteiger partial charge in [0.05, 0.1) is 18.1 Å². The van der Waals surface area contributed by atoms with Gasteiger partial charge in [0.25, 0.3) is 0 Å². The Morgan fingerprint density at radius 3 is 2.48 bits per heavy atom. The zero-order valence-corrected chi connectivity index (χ0v) is 15.9. The van der Waals surface area contributed by atoms with Gasteiger partial charge in [0.15, 0.2) is 5.78 Å². The highest BCUT2D eigenvalue weighted by atomic mass is 79.9. The number of fused-ring (bicyclic) bond motifs is 1. The fraction of sp³-hybridized carbons (Fsp3) is 0.190. The number of carbonyl (C=O) groups is 1. The fourth-order valence-electron chi connectivity index (χ4n) is 3.06. The largest absolute Gasteiger partial charge is 0.507 e. The summed E-state index contributed by atoms with van der Waals surface area (Å²) in [6.45, 7) is 3.69. The molecule has 0 radical (unpaired) electrons. The van der Waals surface area contributed by atoms with Crippen molar-refractivity contribution in [1.29, 1.82) is 0 Å². The summed E-state index contributed by atoms with van der Waals surface area (Å²) in [6.07, 6.45) is 0. The molecule has 0 aromatic heterocycles. The van der Waals surface area contributed by atoms with Crippen LogP contribution in [0.5, 0.6) is 11.5 Å². The van der Waals surface area contributed by atoms with E-state index in [-0.39, 0.29) is 11.5 Å². The molecule has 0 unspecified atom stereocenters. The van der Waals surface area contributed by atoms with E-state index in [1.165, 1.54) is 0 Å². The lowest BCUT2D eigenvalue weighted by Gasteiger charge is -2.26. The Kier molecular flexibility index (Phi) is 4.56. The topological polar surface area (TPSA) is 46.5 Å². The molecule has 0 aliphatic carbocycles. The standard InChI is InChI=1S/C21H19BrO3/c1-21(2,17-6-4-5-7-19(17)25-3)20(24)16-11-14-10-15(22)9-8-13(14)12-18(16)23/h4-12,23H,1-3H3. The number of halogens is 1. The van der Waals surface area contributed by atoms with Crippen molar-refractivity contribution < 1.29 is 14.6 Å². The number of aromatic hydroxyl groups is 1. The number of methoxy groups -OCH3 is 1. The number of para-hydroxylation sites is 1. The Bertz CT molecular complexity index is 961. The van der Waals surface area contributed by atoms with Crippen LogP contribution in [0.25, 0.3) is 10.8 Å². The number of phenols is 1. The van der Waals surface area contributed by atoms with Gasteiger partial charge in [0.2, 0.25) is 0 Å². The van der Waals surface area contributed by atoms with Gasteiger partial charge >= 0.3 is 0 Å². The summed E-state index contributed by atoms with van der Waals surface area (Å²) in [7, 11) is 1.59. The van der Waals surface area contributed by atoms with Gasteiger partial charge in [-0.3, -0.25) is 4.79 Å². The summed E-state index contributed by atoms with van der Waals surface area (Å²) >= 11 is 3.44. The number of benzene rings is 3. The highest BCUT2D eigenvalue weighted by Crippen LogP contribution is 2.37. The van der Waals surface area contributed by atoms with E-state index >= 15 is 0 Å². The van der Waals surface area contributed by atoms with Crippen molar-refractivity contribution in [3.05, 3.63) is 70.2 Å². The summed E-state index contributed by atoms with van der Waals surface area (Å²) in [4.78, 5) is 13.3. The molecule has 3 aromatic rings. The molecule has 0 fully saturated rings. The van der Waals surface area contributed by atoms with Gasteiger partial charge in [-0.15, -0.1) is 0 Å². The third kappa shape index (κ3) is 3.14. The van der Waals surface area contributed by atoms with Gasteiger partial charge in [0.1, 0.15) is 11.5 Å². The van der Waals surface area contributed by atoms with Crippen molar-refractivity contribution in [3.8, 4) is 11.5 Å². The summed E-state index contributed by atoms with van der Waals surface area (Å²) in [6, 6.07) is 16.6. The van der Waals surface area contributed by atoms with Gasteiger partial charge in [-0.05, 0) is 55.0 Å². The Hall–Kier alpha value is -2.33. The smallest absolute Gasteiger partial charge is 0.176 e. The van der Waals surface area contributed by atoms with E-state index in [2.05, 4.69) is 15.9 Å².